The van der Waals surface area contributed by atoms with Gasteiger partial charge in [-0.25, -0.2) is 4.98 Å². The van der Waals surface area contributed by atoms with Crippen LogP contribution in [0.25, 0.3) is 16.2 Å². The number of aromatic nitrogens is 2. The van der Waals surface area contributed by atoms with Gasteiger partial charge >= 0.3 is 0 Å². The molecule has 116 valence electrons. The van der Waals surface area contributed by atoms with Crippen LogP contribution in [0.3, 0.4) is 0 Å². The molecule has 3 aromatic rings. The molecule has 0 amide bonds. The third-order valence-corrected chi connectivity index (χ3v) is 4.30. The van der Waals surface area contributed by atoms with Crippen molar-refractivity contribution >= 4 is 16.3 Å². The van der Waals surface area contributed by atoms with Gasteiger partial charge in [-0.1, -0.05) is 6.58 Å². The predicted octanol–water partition coefficient (Wildman–Crippen LogP) is 4.39. The maximum absolute atomic E-state index is 9.13. The van der Waals surface area contributed by atoms with E-state index in [4.69, 9.17) is 15.0 Å². The van der Waals surface area contributed by atoms with E-state index in [1.165, 1.54) is 4.88 Å². The Morgan fingerprint density at radius 3 is 2.78 bits per heavy atom. The van der Waals surface area contributed by atoms with Gasteiger partial charge in [-0.15, -0.1) is 11.3 Å². The highest BCUT2D eigenvalue weighted by Crippen LogP contribution is 2.29. The number of aryl methyl sites for hydroxylation is 1. The summed E-state index contributed by atoms with van der Waals surface area (Å²) in [4.78, 5) is 6.81. The van der Waals surface area contributed by atoms with Crippen molar-refractivity contribution in [2.24, 2.45) is 0 Å². The molecule has 5 heteroatoms. The molecule has 23 heavy (non-hydrogen) atoms. The fourth-order valence-corrected chi connectivity index (χ4v) is 3.24. The molecule has 0 aliphatic rings. The molecular formula is C18H17N3OS. The molecule has 0 aliphatic carbocycles. The lowest BCUT2D eigenvalue weighted by Gasteiger charge is -2.06. The minimum Gasteiger partial charge on any atom is -0.489 e. The van der Waals surface area contributed by atoms with Crippen molar-refractivity contribution in [3.8, 4) is 23.1 Å². The first kappa shape index (κ1) is 15.3. The lowest BCUT2D eigenvalue weighted by Crippen LogP contribution is -1.97. The Kier molecular flexibility index (Phi) is 4.18. The highest BCUT2D eigenvalue weighted by molar-refractivity contribution is 7.17. The maximum Gasteiger partial charge on any atom is 0.194 e. The van der Waals surface area contributed by atoms with Gasteiger partial charge in [-0.05, 0) is 43.7 Å². The van der Waals surface area contributed by atoms with Gasteiger partial charge in [0.2, 0.25) is 0 Å². The number of hydrogen-bond donors (Lipinski definition) is 0. The van der Waals surface area contributed by atoms with Crippen LogP contribution in [0.5, 0.6) is 5.75 Å². The van der Waals surface area contributed by atoms with Crippen molar-refractivity contribution in [1.29, 1.82) is 5.26 Å². The molecule has 0 bridgehead atoms. The topological polar surface area (TPSA) is 50.3 Å². The van der Waals surface area contributed by atoms with Crippen LogP contribution in [0, 0.1) is 18.3 Å². The molecule has 0 N–H and O–H groups in total. The fraction of sp³-hybridized carbons (Fsp3) is 0.222. The third-order valence-electron chi connectivity index (χ3n) is 3.40. The summed E-state index contributed by atoms with van der Waals surface area (Å²) in [5.41, 5.74) is 3.77. The molecule has 2 heterocycles. The number of fused-ring (bicyclic) bond motifs is 1. The van der Waals surface area contributed by atoms with Gasteiger partial charge in [0.05, 0.1) is 23.9 Å². The van der Waals surface area contributed by atoms with Crippen LogP contribution in [0.4, 0.5) is 0 Å². The first-order valence-electron chi connectivity index (χ1n) is 7.30. The Morgan fingerprint density at radius 1 is 1.39 bits per heavy atom. The molecule has 0 radical (unpaired) electrons. The van der Waals surface area contributed by atoms with Gasteiger partial charge in [0.1, 0.15) is 12.4 Å². The van der Waals surface area contributed by atoms with Crippen molar-refractivity contribution in [3.63, 3.8) is 0 Å². The van der Waals surface area contributed by atoms with E-state index in [-0.39, 0.29) is 0 Å². The van der Waals surface area contributed by atoms with Crippen LogP contribution in [-0.4, -0.2) is 16.0 Å². The van der Waals surface area contributed by atoms with Crippen LogP contribution in [0.15, 0.2) is 42.6 Å². The minimum absolute atomic E-state index is 0.334. The molecule has 0 fully saturated rings. The van der Waals surface area contributed by atoms with Gasteiger partial charge in [0, 0.05) is 16.6 Å². The van der Waals surface area contributed by atoms with Crippen molar-refractivity contribution < 1.29 is 4.74 Å². The van der Waals surface area contributed by atoms with E-state index in [0.29, 0.717) is 13.0 Å². The Bertz CT molecular complexity index is 897. The van der Waals surface area contributed by atoms with Crippen molar-refractivity contribution in [3.05, 3.63) is 53.2 Å². The zero-order chi connectivity index (χ0) is 16.4. The second kappa shape index (κ2) is 6.27. The van der Waals surface area contributed by atoms with E-state index in [0.717, 1.165) is 33.2 Å². The number of ether oxygens (including phenoxy) is 1. The van der Waals surface area contributed by atoms with Crippen LogP contribution < -0.4 is 4.74 Å². The van der Waals surface area contributed by atoms with Crippen molar-refractivity contribution in [2.45, 2.75) is 20.3 Å². The zero-order valence-corrected chi connectivity index (χ0v) is 14.0. The van der Waals surface area contributed by atoms with Crippen molar-refractivity contribution in [1.82, 2.24) is 9.38 Å². The molecule has 2 aromatic heterocycles. The Hall–Kier alpha value is -2.58. The Morgan fingerprint density at radius 2 is 2.13 bits per heavy atom. The molecule has 4 nitrogen and oxygen atoms in total. The normalized spacial score (nSPS) is 10.7. The van der Waals surface area contributed by atoms with Gasteiger partial charge in [0.25, 0.3) is 0 Å². The number of benzene rings is 1. The lowest BCUT2D eigenvalue weighted by molar-refractivity contribution is 0.353. The van der Waals surface area contributed by atoms with E-state index >= 15 is 0 Å². The second-order valence-electron chi connectivity index (χ2n) is 5.51. The van der Waals surface area contributed by atoms with Gasteiger partial charge < -0.3 is 4.74 Å². The third kappa shape index (κ3) is 3.13. The number of hydrogen-bond acceptors (Lipinski definition) is 4. The number of imidazole rings is 1. The summed E-state index contributed by atoms with van der Waals surface area (Å²) >= 11 is 1.63. The molecule has 0 aliphatic heterocycles. The number of rotatable bonds is 5. The largest absolute Gasteiger partial charge is 0.489 e. The average molecular weight is 323 g/mol. The van der Waals surface area contributed by atoms with Gasteiger partial charge in [0.15, 0.2) is 4.96 Å². The summed E-state index contributed by atoms with van der Waals surface area (Å²) in [5, 5.41) is 9.13. The molecule has 0 atom stereocenters. The predicted molar refractivity (Wildman–Crippen MR) is 92.9 cm³/mol. The molecule has 0 unspecified atom stereocenters. The second-order valence-corrected chi connectivity index (χ2v) is 6.72. The quantitative estimate of drug-likeness (QED) is 0.654. The molecule has 1 aromatic carbocycles. The summed E-state index contributed by atoms with van der Waals surface area (Å²) in [6.07, 6.45) is 2.37. The summed E-state index contributed by atoms with van der Waals surface area (Å²) in [5.74, 6) is 0.801. The smallest absolute Gasteiger partial charge is 0.194 e. The summed E-state index contributed by atoms with van der Waals surface area (Å²) in [6.45, 7) is 8.32. The monoisotopic (exact) mass is 323 g/mol. The summed E-state index contributed by atoms with van der Waals surface area (Å²) in [6, 6.07) is 10.0. The van der Waals surface area contributed by atoms with E-state index in [1.54, 1.807) is 11.3 Å². The molecule has 0 saturated carbocycles. The SMILES string of the molecule is C=C(C)COc1ccc(-c2nc3sc(C)cn3c2CC#N)cc1. The molecule has 0 spiro atoms. The fourth-order valence-electron chi connectivity index (χ4n) is 2.39. The van der Waals surface area contributed by atoms with Crippen LogP contribution >= 0.6 is 11.3 Å². The molecular weight excluding hydrogens is 306 g/mol. The summed E-state index contributed by atoms with van der Waals surface area (Å²) in [7, 11) is 0. The number of nitrogens with zero attached hydrogens (tertiary/aromatic N) is 3. The molecule has 3 rings (SSSR count). The lowest BCUT2D eigenvalue weighted by atomic mass is 10.1. The highest BCUT2D eigenvalue weighted by Gasteiger charge is 2.15. The van der Waals surface area contributed by atoms with Gasteiger partial charge in [-0.3, -0.25) is 4.40 Å². The Balaban J connectivity index is 1.96. The number of nitriles is 1. The Labute approximate surface area is 139 Å². The van der Waals surface area contributed by atoms with E-state index in [2.05, 4.69) is 12.6 Å². The van der Waals surface area contributed by atoms with E-state index in [1.807, 2.05) is 48.7 Å². The summed E-state index contributed by atoms with van der Waals surface area (Å²) < 4.78 is 7.64. The van der Waals surface area contributed by atoms with E-state index in [9.17, 15) is 0 Å². The first-order valence-corrected chi connectivity index (χ1v) is 8.12. The standard InChI is InChI=1S/C18H17N3OS/c1-12(2)11-22-15-6-4-14(5-7-15)17-16(8-9-19)21-10-13(3)23-18(21)20-17/h4-7,10H,1,8,11H2,2-3H3. The molecule has 0 saturated heterocycles. The van der Waals surface area contributed by atoms with E-state index < -0.39 is 0 Å². The van der Waals surface area contributed by atoms with Crippen LogP contribution in [0.2, 0.25) is 0 Å². The van der Waals surface area contributed by atoms with Crippen molar-refractivity contribution in [2.75, 3.05) is 6.61 Å². The van der Waals surface area contributed by atoms with Gasteiger partial charge in [-0.2, -0.15) is 5.26 Å². The number of thiazole rings is 1. The zero-order valence-electron chi connectivity index (χ0n) is 13.2. The maximum atomic E-state index is 9.13. The minimum atomic E-state index is 0.334. The van der Waals surface area contributed by atoms with Crippen LogP contribution in [0.1, 0.15) is 17.5 Å². The highest BCUT2D eigenvalue weighted by atomic mass is 32.1. The average Bonchev–Trinajstić information content (AvgIpc) is 3.03. The van der Waals surface area contributed by atoms with Crippen LogP contribution in [-0.2, 0) is 6.42 Å². The first-order chi connectivity index (χ1) is 11.1.